The second-order valence-corrected chi connectivity index (χ2v) is 8.56. The fraction of sp³-hybridized carbons (Fsp3) is 0.444. The molecule has 2 aromatic heterocycles. The van der Waals surface area contributed by atoms with Gasteiger partial charge in [-0.1, -0.05) is 12.8 Å². The summed E-state index contributed by atoms with van der Waals surface area (Å²) in [5.74, 6) is 1.62. The van der Waals surface area contributed by atoms with Crippen LogP contribution < -0.4 is 5.32 Å². The standard InChI is InChI=1S/C18H23N3O4S/c1-13-7-9-16(25-13)15-6-4-3-5-11-21(15)18(22)20-14-8-10-17(19-12-14)26(2,23)24/h7-10,12,15H,3-6,11H2,1-2H3,(H,20,22). The van der Waals surface area contributed by atoms with E-state index in [1.807, 2.05) is 19.1 Å². The molecule has 0 radical (unpaired) electrons. The van der Waals surface area contributed by atoms with Gasteiger partial charge in [-0.25, -0.2) is 18.2 Å². The molecule has 0 saturated carbocycles. The lowest BCUT2D eigenvalue weighted by atomic mass is 10.1. The Bertz CT molecular complexity index is 874. The molecule has 0 aromatic carbocycles. The molecule has 1 atom stereocenters. The Labute approximate surface area is 153 Å². The van der Waals surface area contributed by atoms with Crippen molar-refractivity contribution in [3.05, 3.63) is 42.0 Å². The van der Waals surface area contributed by atoms with Crippen molar-refractivity contribution in [1.29, 1.82) is 0 Å². The zero-order valence-corrected chi connectivity index (χ0v) is 15.8. The maximum absolute atomic E-state index is 12.8. The van der Waals surface area contributed by atoms with Gasteiger partial charge in [0.15, 0.2) is 14.9 Å². The number of sulfone groups is 1. The number of urea groups is 1. The minimum absolute atomic E-state index is 0.0193. The Hall–Kier alpha value is -2.35. The highest BCUT2D eigenvalue weighted by Crippen LogP contribution is 2.31. The Kier molecular flexibility index (Phi) is 5.31. The summed E-state index contributed by atoms with van der Waals surface area (Å²) in [6.07, 6.45) is 6.36. The Morgan fingerprint density at radius 1 is 1.23 bits per heavy atom. The number of aromatic nitrogens is 1. The Balaban J connectivity index is 1.77. The SMILES string of the molecule is Cc1ccc(C2CCCCCN2C(=O)Nc2ccc(S(C)(=O)=O)nc2)o1. The van der Waals surface area contributed by atoms with E-state index in [1.165, 1.54) is 12.3 Å². The summed E-state index contributed by atoms with van der Waals surface area (Å²) in [7, 11) is -3.36. The molecule has 3 rings (SSSR count). The topological polar surface area (TPSA) is 92.5 Å². The van der Waals surface area contributed by atoms with Crippen molar-refractivity contribution >= 4 is 21.6 Å². The number of likely N-dealkylation sites (tertiary alicyclic amines) is 1. The first-order chi connectivity index (χ1) is 12.3. The van der Waals surface area contributed by atoms with E-state index in [0.717, 1.165) is 43.5 Å². The number of pyridine rings is 1. The molecule has 1 aliphatic rings. The van der Waals surface area contributed by atoms with Crippen molar-refractivity contribution in [2.75, 3.05) is 18.1 Å². The average molecular weight is 377 g/mol. The Morgan fingerprint density at radius 3 is 2.65 bits per heavy atom. The fourth-order valence-electron chi connectivity index (χ4n) is 3.15. The van der Waals surface area contributed by atoms with Gasteiger partial charge in [0.1, 0.15) is 11.5 Å². The number of carbonyl (C=O) groups excluding carboxylic acids is 1. The number of carbonyl (C=O) groups is 1. The van der Waals surface area contributed by atoms with Gasteiger partial charge in [-0.15, -0.1) is 0 Å². The molecule has 3 heterocycles. The first kappa shape index (κ1) is 18.4. The van der Waals surface area contributed by atoms with Crippen LogP contribution in [-0.4, -0.2) is 37.1 Å². The molecule has 2 amide bonds. The van der Waals surface area contributed by atoms with Gasteiger partial charge in [0.25, 0.3) is 0 Å². The molecule has 0 aliphatic carbocycles. The average Bonchev–Trinajstić information content (AvgIpc) is 2.87. The second kappa shape index (κ2) is 7.49. The molecule has 1 aliphatic heterocycles. The van der Waals surface area contributed by atoms with Gasteiger partial charge >= 0.3 is 6.03 Å². The predicted molar refractivity (Wildman–Crippen MR) is 97.7 cm³/mol. The van der Waals surface area contributed by atoms with Crippen LogP contribution in [-0.2, 0) is 9.84 Å². The van der Waals surface area contributed by atoms with E-state index >= 15 is 0 Å². The summed E-state index contributed by atoms with van der Waals surface area (Å²) in [5.41, 5.74) is 0.459. The number of anilines is 1. The monoisotopic (exact) mass is 377 g/mol. The van der Waals surface area contributed by atoms with Crippen LogP contribution in [0.4, 0.5) is 10.5 Å². The maximum atomic E-state index is 12.8. The third-order valence-electron chi connectivity index (χ3n) is 4.47. The van der Waals surface area contributed by atoms with Crippen LogP contribution in [0.5, 0.6) is 0 Å². The lowest BCUT2D eigenvalue weighted by Gasteiger charge is -2.28. The molecule has 2 aromatic rings. The summed E-state index contributed by atoms with van der Waals surface area (Å²) in [5, 5.41) is 2.79. The van der Waals surface area contributed by atoms with E-state index in [4.69, 9.17) is 4.42 Å². The third kappa shape index (κ3) is 4.24. The molecular formula is C18H23N3O4S. The van der Waals surface area contributed by atoms with Crippen LogP contribution in [0.25, 0.3) is 0 Å². The quantitative estimate of drug-likeness (QED) is 0.883. The third-order valence-corrected chi connectivity index (χ3v) is 5.47. The lowest BCUT2D eigenvalue weighted by molar-refractivity contribution is 0.178. The van der Waals surface area contributed by atoms with E-state index in [-0.39, 0.29) is 17.1 Å². The summed E-state index contributed by atoms with van der Waals surface area (Å²) < 4.78 is 28.7. The van der Waals surface area contributed by atoms with Crippen LogP contribution in [0.2, 0.25) is 0 Å². The minimum atomic E-state index is -3.36. The van der Waals surface area contributed by atoms with Crippen molar-refractivity contribution in [2.24, 2.45) is 0 Å². The molecule has 26 heavy (non-hydrogen) atoms. The number of nitrogens with zero attached hydrogens (tertiary/aromatic N) is 2. The molecule has 140 valence electrons. The lowest BCUT2D eigenvalue weighted by Crippen LogP contribution is -2.38. The van der Waals surface area contributed by atoms with Gasteiger partial charge in [0.2, 0.25) is 0 Å². The smallest absolute Gasteiger partial charge is 0.322 e. The van der Waals surface area contributed by atoms with E-state index in [9.17, 15) is 13.2 Å². The van der Waals surface area contributed by atoms with Crippen molar-refractivity contribution in [3.8, 4) is 0 Å². The Morgan fingerprint density at radius 2 is 2.04 bits per heavy atom. The zero-order valence-electron chi connectivity index (χ0n) is 14.9. The van der Waals surface area contributed by atoms with Crippen molar-refractivity contribution < 1.29 is 17.6 Å². The molecule has 1 N–H and O–H groups in total. The van der Waals surface area contributed by atoms with Gasteiger partial charge in [-0.2, -0.15) is 0 Å². The van der Waals surface area contributed by atoms with E-state index in [0.29, 0.717) is 12.2 Å². The van der Waals surface area contributed by atoms with Crippen molar-refractivity contribution in [3.63, 3.8) is 0 Å². The highest BCUT2D eigenvalue weighted by Gasteiger charge is 2.29. The van der Waals surface area contributed by atoms with Gasteiger partial charge in [0.05, 0.1) is 17.9 Å². The normalized spacial score (nSPS) is 18.4. The molecule has 0 bridgehead atoms. The van der Waals surface area contributed by atoms with Crippen LogP contribution >= 0.6 is 0 Å². The number of amides is 2. The fourth-order valence-corrected chi connectivity index (χ4v) is 3.71. The van der Waals surface area contributed by atoms with Crippen LogP contribution in [0, 0.1) is 6.92 Å². The maximum Gasteiger partial charge on any atom is 0.322 e. The van der Waals surface area contributed by atoms with Crippen LogP contribution in [0.15, 0.2) is 39.9 Å². The van der Waals surface area contributed by atoms with Gasteiger partial charge in [-0.05, 0) is 44.0 Å². The number of aryl methyl sites for hydroxylation is 1. The molecule has 1 saturated heterocycles. The molecule has 1 fully saturated rings. The molecule has 0 spiro atoms. The summed E-state index contributed by atoms with van der Waals surface area (Å²) >= 11 is 0. The number of furan rings is 1. The highest BCUT2D eigenvalue weighted by molar-refractivity contribution is 7.90. The number of nitrogens with one attached hydrogen (secondary N) is 1. The largest absolute Gasteiger partial charge is 0.464 e. The molecule has 1 unspecified atom stereocenters. The van der Waals surface area contributed by atoms with Crippen molar-refractivity contribution in [1.82, 2.24) is 9.88 Å². The molecule has 7 nitrogen and oxygen atoms in total. The number of hydrogen-bond donors (Lipinski definition) is 1. The highest BCUT2D eigenvalue weighted by atomic mass is 32.2. The second-order valence-electron chi connectivity index (χ2n) is 6.59. The summed E-state index contributed by atoms with van der Waals surface area (Å²) in [4.78, 5) is 18.5. The van der Waals surface area contributed by atoms with Crippen LogP contribution in [0.1, 0.15) is 43.2 Å². The number of hydrogen-bond acceptors (Lipinski definition) is 5. The van der Waals surface area contributed by atoms with Crippen LogP contribution in [0.3, 0.4) is 0 Å². The van der Waals surface area contributed by atoms with E-state index in [1.54, 1.807) is 11.0 Å². The molecule has 8 heteroatoms. The summed E-state index contributed by atoms with van der Waals surface area (Å²) in [6.45, 7) is 2.53. The minimum Gasteiger partial charge on any atom is -0.464 e. The van der Waals surface area contributed by atoms with Gasteiger partial charge < -0.3 is 14.6 Å². The van der Waals surface area contributed by atoms with Gasteiger partial charge in [0, 0.05) is 12.8 Å². The first-order valence-corrected chi connectivity index (χ1v) is 10.5. The van der Waals surface area contributed by atoms with Crippen molar-refractivity contribution in [2.45, 2.75) is 43.7 Å². The summed E-state index contributed by atoms with van der Waals surface area (Å²) in [6, 6.07) is 6.43. The zero-order chi connectivity index (χ0) is 18.7. The number of rotatable bonds is 3. The van der Waals surface area contributed by atoms with Gasteiger partial charge in [-0.3, -0.25) is 0 Å². The molecular weight excluding hydrogens is 354 g/mol. The first-order valence-electron chi connectivity index (χ1n) is 8.64. The predicted octanol–water partition coefficient (Wildman–Crippen LogP) is 3.54. The van der Waals surface area contributed by atoms with E-state index in [2.05, 4.69) is 10.3 Å². The van der Waals surface area contributed by atoms with E-state index < -0.39 is 9.84 Å².